The second kappa shape index (κ2) is 5.12. The number of pyridine rings is 1. The molecule has 1 aromatic heterocycles. The standard InChI is InChI=1S/C9H12ClNO/c10-7-9(12)5-4-8-3-1-2-6-11-8/h1-3,6,9,12H,4-5,7H2. The van der Waals surface area contributed by atoms with E-state index in [1.165, 1.54) is 0 Å². The van der Waals surface area contributed by atoms with Crippen molar-refractivity contribution >= 4 is 11.6 Å². The number of aliphatic hydroxyl groups is 1. The maximum absolute atomic E-state index is 9.16. The van der Waals surface area contributed by atoms with Crippen LogP contribution in [0.25, 0.3) is 0 Å². The highest BCUT2D eigenvalue weighted by atomic mass is 35.5. The SMILES string of the molecule is OC(CCl)CCc1ccccn1. The zero-order chi connectivity index (χ0) is 8.81. The number of nitrogens with zero attached hydrogens (tertiary/aromatic N) is 1. The van der Waals surface area contributed by atoms with E-state index in [2.05, 4.69) is 4.98 Å². The molecule has 1 aromatic rings. The van der Waals surface area contributed by atoms with Gasteiger partial charge in [0.15, 0.2) is 0 Å². The summed E-state index contributed by atoms with van der Waals surface area (Å²) in [5.74, 6) is 0.298. The van der Waals surface area contributed by atoms with Crippen molar-refractivity contribution in [3.05, 3.63) is 30.1 Å². The second-order valence-electron chi connectivity index (χ2n) is 2.67. The maximum atomic E-state index is 9.16. The van der Waals surface area contributed by atoms with Gasteiger partial charge in [0.25, 0.3) is 0 Å². The average molecular weight is 186 g/mol. The molecule has 0 aliphatic carbocycles. The lowest BCUT2D eigenvalue weighted by Crippen LogP contribution is -2.09. The van der Waals surface area contributed by atoms with Crippen LogP contribution in [0.15, 0.2) is 24.4 Å². The van der Waals surface area contributed by atoms with Crippen LogP contribution in [-0.4, -0.2) is 22.1 Å². The quantitative estimate of drug-likeness (QED) is 0.724. The van der Waals surface area contributed by atoms with Crippen molar-refractivity contribution in [3.63, 3.8) is 0 Å². The van der Waals surface area contributed by atoms with Gasteiger partial charge in [0, 0.05) is 17.8 Å². The minimum Gasteiger partial charge on any atom is -0.392 e. The Morgan fingerprint density at radius 1 is 1.50 bits per heavy atom. The van der Waals surface area contributed by atoms with Gasteiger partial charge in [-0.05, 0) is 25.0 Å². The summed E-state index contributed by atoms with van der Waals surface area (Å²) in [7, 11) is 0. The van der Waals surface area contributed by atoms with E-state index in [1.54, 1.807) is 6.20 Å². The molecule has 0 amide bonds. The number of hydrogen-bond acceptors (Lipinski definition) is 2. The first-order valence-electron chi connectivity index (χ1n) is 3.97. The first kappa shape index (κ1) is 9.49. The van der Waals surface area contributed by atoms with E-state index in [0.717, 1.165) is 12.1 Å². The molecule has 1 heterocycles. The fraction of sp³-hybridized carbons (Fsp3) is 0.444. The predicted octanol–water partition coefficient (Wildman–Crippen LogP) is 1.61. The molecule has 0 saturated carbocycles. The summed E-state index contributed by atoms with van der Waals surface area (Å²) < 4.78 is 0. The Morgan fingerprint density at radius 2 is 2.33 bits per heavy atom. The lowest BCUT2D eigenvalue weighted by Gasteiger charge is -2.04. The molecule has 0 fully saturated rings. The third kappa shape index (κ3) is 3.20. The van der Waals surface area contributed by atoms with E-state index < -0.39 is 6.10 Å². The summed E-state index contributed by atoms with van der Waals surface area (Å²) in [6, 6.07) is 5.76. The fourth-order valence-corrected chi connectivity index (χ4v) is 1.09. The number of rotatable bonds is 4. The van der Waals surface area contributed by atoms with Crippen molar-refractivity contribution < 1.29 is 5.11 Å². The van der Waals surface area contributed by atoms with Crippen LogP contribution in [0.5, 0.6) is 0 Å². The minimum absolute atomic E-state index is 0.298. The van der Waals surface area contributed by atoms with Crippen LogP contribution < -0.4 is 0 Å². The zero-order valence-electron chi connectivity index (χ0n) is 6.78. The van der Waals surface area contributed by atoms with E-state index in [-0.39, 0.29) is 0 Å². The van der Waals surface area contributed by atoms with Crippen LogP contribution in [0.4, 0.5) is 0 Å². The Labute approximate surface area is 77.2 Å². The van der Waals surface area contributed by atoms with Gasteiger partial charge in [0.1, 0.15) is 0 Å². The van der Waals surface area contributed by atoms with Gasteiger partial charge in [0.05, 0.1) is 6.10 Å². The molecule has 0 aliphatic rings. The highest BCUT2D eigenvalue weighted by molar-refractivity contribution is 6.18. The summed E-state index contributed by atoms with van der Waals surface area (Å²) in [6.07, 6.45) is 2.81. The van der Waals surface area contributed by atoms with Crippen molar-refractivity contribution in [2.75, 3.05) is 5.88 Å². The van der Waals surface area contributed by atoms with Crippen molar-refractivity contribution in [2.45, 2.75) is 18.9 Å². The number of hydrogen-bond donors (Lipinski definition) is 1. The van der Waals surface area contributed by atoms with Gasteiger partial charge >= 0.3 is 0 Å². The first-order chi connectivity index (χ1) is 5.83. The van der Waals surface area contributed by atoms with Crippen LogP contribution in [-0.2, 0) is 6.42 Å². The molecule has 12 heavy (non-hydrogen) atoms. The van der Waals surface area contributed by atoms with Gasteiger partial charge in [-0.3, -0.25) is 4.98 Å². The third-order valence-electron chi connectivity index (χ3n) is 1.64. The largest absolute Gasteiger partial charge is 0.392 e. The Kier molecular flexibility index (Phi) is 4.05. The number of halogens is 1. The fourth-order valence-electron chi connectivity index (χ4n) is 0.938. The summed E-state index contributed by atoms with van der Waals surface area (Å²) >= 11 is 5.45. The number of aryl methyl sites for hydroxylation is 1. The van der Waals surface area contributed by atoms with Crippen LogP contribution in [0, 0.1) is 0 Å². The molecule has 0 bridgehead atoms. The minimum atomic E-state index is -0.409. The summed E-state index contributed by atoms with van der Waals surface area (Å²) in [5.41, 5.74) is 1.00. The first-order valence-corrected chi connectivity index (χ1v) is 4.50. The van der Waals surface area contributed by atoms with Crippen molar-refractivity contribution in [2.24, 2.45) is 0 Å². The summed E-state index contributed by atoms with van der Waals surface area (Å²) in [5, 5.41) is 9.16. The molecule has 2 nitrogen and oxygen atoms in total. The average Bonchev–Trinajstić information content (AvgIpc) is 2.16. The van der Waals surface area contributed by atoms with Crippen LogP contribution >= 0.6 is 11.6 Å². The molecule has 1 rings (SSSR count). The van der Waals surface area contributed by atoms with Crippen molar-refractivity contribution in [3.8, 4) is 0 Å². The molecule has 0 saturated heterocycles. The lowest BCUT2D eigenvalue weighted by atomic mass is 10.1. The van der Waals surface area contributed by atoms with E-state index in [0.29, 0.717) is 12.3 Å². The molecule has 0 spiro atoms. The molecule has 0 aliphatic heterocycles. The Hall–Kier alpha value is -0.600. The summed E-state index contributed by atoms with van der Waals surface area (Å²) in [4.78, 5) is 4.13. The van der Waals surface area contributed by atoms with Crippen LogP contribution in [0.2, 0.25) is 0 Å². The monoisotopic (exact) mass is 185 g/mol. The van der Waals surface area contributed by atoms with E-state index in [1.807, 2.05) is 18.2 Å². The molecule has 0 radical (unpaired) electrons. The molecule has 3 heteroatoms. The van der Waals surface area contributed by atoms with Gasteiger partial charge in [0.2, 0.25) is 0 Å². The highest BCUT2D eigenvalue weighted by Crippen LogP contribution is 2.02. The van der Waals surface area contributed by atoms with Crippen molar-refractivity contribution in [1.82, 2.24) is 4.98 Å². The normalized spacial score (nSPS) is 12.8. The Morgan fingerprint density at radius 3 is 2.92 bits per heavy atom. The number of aliphatic hydroxyl groups excluding tert-OH is 1. The van der Waals surface area contributed by atoms with Crippen LogP contribution in [0.3, 0.4) is 0 Å². The van der Waals surface area contributed by atoms with Gasteiger partial charge < -0.3 is 5.11 Å². The topological polar surface area (TPSA) is 33.1 Å². The van der Waals surface area contributed by atoms with Gasteiger partial charge in [-0.1, -0.05) is 6.07 Å². The number of alkyl halides is 1. The van der Waals surface area contributed by atoms with E-state index >= 15 is 0 Å². The molecule has 0 aromatic carbocycles. The van der Waals surface area contributed by atoms with Gasteiger partial charge in [-0.25, -0.2) is 0 Å². The van der Waals surface area contributed by atoms with Crippen molar-refractivity contribution in [1.29, 1.82) is 0 Å². The molecule has 1 atom stereocenters. The second-order valence-corrected chi connectivity index (χ2v) is 2.98. The third-order valence-corrected chi connectivity index (χ3v) is 1.99. The molecule has 66 valence electrons. The molecule has 1 unspecified atom stereocenters. The highest BCUT2D eigenvalue weighted by Gasteiger charge is 2.02. The predicted molar refractivity (Wildman–Crippen MR) is 49.3 cm³/mol. The number of aromatic nitrogens is 1. The van der Waals surface area contributed by atoms with Gasteiger partial charge in [-0.15, -0.1) is 11.6 Å². The lowest BCUT2D eigenvalue weighted by molar-refractivity contribution is 0.188. The Bertz CT molecular complexity index is 215. The van der Waals surface area contributed by atoms with E-state index in [4.69, 9.17) is 16.7 Å². The van der Waals surface area contributed by atoms with Gasteiger partial charge in [-0.2, -0.15) is 0 Å². The summed E-state index contributed by atoms with van der Waals surface area (Å²) in [6.45, 7) is 0. The molecular weight excluding hydrogens is 174 g/mol. The van der Waals surface area contributed by atoms with E-state index in [9.17, 15) is 0 Å². The van der Waals surface area contributed by atoms with Crippen LogP contribution in [0.1, 0.15) is 12.1 Å². The molecular formula is C9H12ClNO. The molecule has 1 N–H and O–H groups in total. The smallest absolute Gasteiger partial charge is 0.0679 e. The maximum Gasteiger partial charge on any atom is 0.0679 e. The Balaban J connectivity index is 2.33. The zero-order valence-corrected chi connectivity index (χ0v) is 7.54.